The van der Waals surface area contributed by atoms with Crippen LogP contribution in [0.25, 0.3) is 0 Å². The minimum Gasteiger partial charge on any atom is -0.450 e. The average Bonchev–Trinajstić information content (AvgIpc) is 2.21. The van der Waals surface area contributed by atoms with E-state index in [-0.39, 0.29) is 0 Å². The zero-order chi connectivity index (χ0) is 11.3. The van der Waals surface area contributed by atoms with Crippen molar-refractivity contribution in [2.75, 3.05) is 13.2 Å². The van der Waals surface area contributed by atoms with Crippen molar-refractivity contribution in [1.29, 1.82) is 0 Å². The maximum atomic E-state index is 11.0. The first-order valence-electron chi connectivity index (χ1n) is 5.69. The highest BCUT2D eigenvalue weighted by atomic mass is 16.5. The topological polar surface area (TPSA) is 58.6 Å². The van der Waals surface area contributed by atoms with E-state index in [0.717, 1.165) is 25.7 Å². The standard InChI is InChI=1S/C11H21NO3/c1-3-15-10(13)12-8-11(14)6-4-9(2)5-7-11/h9,14H,3-8H2,1-2H3,(H,12,13). The fourth-order valence-corrected chi connectivity index (χ4v) is 1.90. The predicted octanol–water partition coefficient (Wildman–Crippen LogP) is 1.67. The van der Waals surface area contributed by atoms with Crippen LogP contribution in [0.15, 0.2) is 0 Å². The van der Waals surface area contributed by atoms with Gasteiger partial charge in [-0.25, -0.2) is 4.79 Å². The number of alkyl carbamates (subject to hydrolysis) is 1. The van der Waals surface area contributed by atoms with Crippen LogP contribution < -0.4 is 5.32 Å². The lowest BCUT2D eigenvalue weighted by atomic mass is 9.79. The minimum atomic E-state index is -0.723. The van der Waals surface area contributed by atoms with Crippen molar-refractivity contribution < 1.29 is 14.6 Å². The second-order valence-electron chi connectivity index (χ2n) is 4.48. The van der Waals surface area contributed by atoms with E-state index in [1.54, 1.807) is 6.92 Å². The van der Waals surface area contributed by atoms with Gasteiger partial charge in [-0.1, -0.05) is 6.92 Å². The Labute approximate surface area is 91.0 Å². The zero-order valence-electron chi connectivity index (χ0n) is 9.58. The highest BCUT2D eigenvalue weighted by molar-refractivity contribution is 5.67. The van der Waals surface area contributed by atoms with Gasteiger partial charge in [0.15, 0.2) is 0 Å². The van der Waals surface area contributed by atoms with Gasteiger partial charge in [-0.15, -0.1) is 0 Å². The van der Waals surface area contributed by atoms with E-state index in [9.17, 15) is 9.90 Å². The molecule has 0 radical (unpaired) electrons. The first-order valence-corrected chi connectivity index (χ1v) is 5.69. The van der Waals surface area contributed by atoms with Crippen molar-refractivity contribution in [3.63, 3.8) is 0 Å². The molecule has 1 aliphatic rings. The molecule has 0 aromatic rings. The first-order chi connectivity index (χ1) is 7.06. The van der Waals surface area contributed by atoms with E-state index in [2.05, 4.69) is 12.2 Å². The lowest BCUT2D eigenvalue weighted by Gasteiger charge is -2.34. The van der Waals surface area contributed by atoms with Gasteiger partial charge in [-0.2, -0.15) is 0 Å². The van der Waals surface area contributed by atoms with E-state index in [1.807, 2.05) is 0 Å². The van der Waals surface area contributed by atoms with Crippen molar-refractivity contribution >= 4 is 6.09 Å². The molecule has 0 aliphatic heterocycles. The third-order valence-electron chi connectivity index (χ3n) is 3.04. The minimum absolute atomic E-state index is 0.304. The Hall–Kier alpha value is -0.770. The van der Waals surface area contributed by atoms with Crippen LogP contribution in [0.4, 0.5) is 4.79 Å². The molecule has 4 heteroatoms. The summed E-state index contributed by atoms with van der Waals surface area (Å²) in [5.41, 5.74) is -0.723. The SMILES string of the molecule is CCOC(=O)NCC1(O)CCC(C)CC1. The van der Waals surface area contributed by atoms with E-state index >= 15 is 0 Å². The van der Waals surface area contributed by atoms with Gasteiger partial charge < -0.3 is 15.2 Å². The first kappa shape index (κ1) is 12.3. The maximum absolute atomic E-state index is 11.0. The summed E-state index contributed by atoms with van der Waals surface area (Å²) in [6.07, 6.45) is 3.15. The van der Waals surface area contributed by atoms with E-state index in [1.165, 1.54) is 0 Å². The van der Waals surface area contributed by atoms with E-state index < -0.39 is 11.7 Å². The molecule has 0 spiro atoms. The Bertz CT molecular complexity index is 210. The Balaban J connectivity index is 2.27. The largest absolute Gasteiger partial charge is 0.450 e. The second kappa shape index (κ2) is 5.35. The second-order valence-corrected chi connectivity index (χ2v) is 4.48. The van der Waals surface area contributed by atoms with Gasteiger partial charge in [0.2, 0.25) is 0 Å². The Morgan fingerprint density at radius 1 is 1.53 bits per heavy atom. The van der Waals surface area contributed by atoms with E-state index in [0.29, 0.717) is 19.1 Å². The molecule has 1 fully saturated rings. The molecule has 15 heavy (non-hydrogen) atoms. The molecule has 0 aromatic heterocycles. The quantitative estimate of drug-likeness (QED) is 0.753. The van der Waals surface area contributed by atoms with Gasteiger partial charge in [0.25, 0.3) is 0 Å². The van der Waals surface area contributed by atoms with Gasteiger partial charge in [0, 0.05) is 6.54 Å². The number of ether oxygens (including phenoxy) is 1. The summed E-state index contributed by atoms with van der Waals surface area (Å²) in [7, 11) is 0. The zero-order valence-corrected chi connectivity index (χ0v) is 9.58. The molecule has 1 rings (SSSR count). The smallest absolute Gasteiger partial charge is 0.407 e. The number of nitrogens with one attached hydrogen (secondary N) is 1. The number of carbonyl (C=O) groups is 1. The molecular formula is C11H21NO3. The molecule has 4 nitrogen and oxygen atoms in total. The fraction of sp³-hybridized carbons (Fsp3) is 0.909. The van der Waals surface area contributed by atoms with Crippen molar-refractivity contribution in [2.45, 2.75) is 45.1 Å². The lowest BCUT2D eigenvalue weighted by Crippen LogP contribution is -2.45. The Kier molecular flexibility index (Phi) is 4.39. The van der Waals surface area contributed by atoms with Crippen LogP contribution in [-0.2, 0) is 4.74 Å². The molecule has 0 unspecified atom stereocenters. The van der Waals surface area contributed by atoms with Crippen molar-refractivity contribution in [3.8, 4) is 0 Å². The molecule has 0 bridgehead atoms. The molecule has 88 valence electrons. The van der Waals surface area contributed by atoms with Crippen molar-refractivity contribution in [1.82, 2.24) is 5.32 Å². The number of aliphatic hydroxyl groups is 1. The molecule has 1 saturated carbocycles. The van der Waals surface area contributed by atoms with Crippen LogP contribution in [0.3, 0.4) is 0 Å². The van der Waals surface area contributed by atoms with Crippen LogP contribution in [0.1, 0.15) is 39.5 Å². The number of hydrogen-bond donors (Lipinski definition) is 2. The third kappa shape index (κ3) is 4.08. The molecule has 0 aromatic carbocycles. The Morgan fingerprint density at radius 2 is 2.13 bits per heavy atom. The number of carbonyl (C=O) groups excluding carboxylic acids is 1. The maximum Gasteiger partial charge on any atom is 0.407 e. The summed E-state index contributed by atoms with van der Waals surface area (Å²) in [5.74, 6) is 0.688. The molecule has 0 saturated heterocycles. The van der Waals surface area contributed by atoms with Crippen LogP contribution in [0.2, 0.25) is 0 Å². The third-order valence-corrected chi connectivity index (χ3v) is 3.04. The van der Waals surface area contributed by atoms with Gasteiger partial charge >= 0.3 is 6.09 Å². The number of hydrogen-bond acceptors (Lipinski definition) is 3. The highest BCUT2D eigenvalue weighted by Gasteiger charge is 2.32. The van der Waals surface area contributed by atoms with Crippen LogP contribution >= 0.6 is 0 Å². The molecule has 0 heterocycles. The fourth-order valence-electron chi connectivity index (χ4n) is 1.90. The highest BCUT2D eigenvalue weighted by Crippen LogP contribution is 2.31. The predicted molar refractivity (Wildman–Crippen MR) is 57.6 cm³/mol. The Morgan fingerprint density at radius 3 is 2.67 bits per heavy atom. The van der Waals surface area contributed by atoms with Gasteiger partial charge in [-0.3, -0.25) is 0 Å². The molecule has 1 aliphatic carbocycles. The summed E-state index contributed by atoms with van der Waals surface area (Å²) in [6, 6.07) is 0. The number of amides is 1. The van der Waals surface area contributed by atoms with Crippen LogP contribution in [0.5, 0.6) is 0 Å². The molecule has 2 N–H and O–H groups in total. The average molecular weight is 215 g/mol. The number of rotatable bonds is 3. The summed E-state index contributed by atoms with van der Waals surface area (Å²) in [4.78, 5) is 11.0. The van der Waals surface area contributed by atoms with Gasteiger partial charge in [-0.05, 0) is 38.5 Å². The summed E-state index contributed by atoms with van der Waals surface area (Å²) in [5, 5.41) is 12.7. The van der Waals surface area contributed by atoms with Crippen molar-refractivity contribution in [3.05, 3.63) is 0 Å². The summed E-state index contributed by atoms with van der Waals surface area (Å²) >= 11 is 0. The molecule has 1 amide bonds. The summed E-state index contributed by atoms with van der Waals surface area (Å²) in [6.45, 7) is 4.62. The molecular weight excluding hydrogens is 194 g/mol. The monoisotopic (exact) mass is 215 g/mol. The van der Waals surface area contributed by atoms with E-state index in [4.69, 9.17) is 4.74 Å². The van der Waals surface area contributed by atoms with Gasteiger partial charge in [0.05, 0.1) is 12.2 Å². The molecule has 0 atom stereocenters. The van der Waals surface area contributed by atoms with Crippen molar-refractivity contribution in [2.24, 2.45) is 5.92 Å². The van der Waals surface area contributed by atoms with Gasteiger partial charge in [0.1, 0.15) is 0 Å². The van der Waals surface area contributed by atoms with Crippen LogP contribution in [0, 0.1) is 5.92 Å². The summed E-state index contributed by atoms with van der Waals surface area (Å²) < 4.78 is 4.74. The van der Waals surface area contributed by atoms with Crippen LogP contribution in [-0.4, -0.2) is 30.0 Å². The lowest BCUT2D eigenvalue weighted by molar-refractivity contribution is -0.00614. The normalized spacial score (nSPS) is 31.0.